The van der Waals surface area contributed by atoms with Gasteiger partial charge in [0.05, 0.1) is 24.8 Å². The zero-order chi connectivity index (χ0) is 20.1. The number of ether oxygens (including phenoxy) is 2. The van der Waals surface area contributed by atoms with Gasteiger partial charge in [-0.3, -0.25) is 4.79 Å². The minimum Gasteiger partial charge on any atom is -0.497 e. The van der Waals surface area contributed by atoms with Crippen LogP contribution in [0.25, 0.3) is 0 Å². The highest BCUT2D eigenvalue weighted by atomic mass is 32.2. The van der Waals surface area contributed by atoms with Gasteiger partial charge in [-0.05, 0) is 37.1 Å². The number of amides is 1. The fourth-order valence-corrected chi connectivity index (χ4v) is 4.74. The first-order chi connectivity index (χ1) is 13.5. The fourth-order valence-electron chi connectivity index (χ4n) is 3.25. The molecule has 0 atom stereocenters. The lowest BCUT2D eigenvalue weighted by Crippen LogP contribution is -2.41. The Bertz CT molecular complexity index is 923. The second kappa shape index (κ2) is 8.62. The maximum Gasteiger partial charge on any atom is 0.243 e. The van der Waals surface area contributed by atoms with Crippen molar-refractivity contribution >= 4 is 21.6 Å². The summed E-state index contributed by atoms with van der Waals surface area (Å²) >= 11 is 0. The predicted octanol–water partition coefficient (Wildman–Crippen LogP) is 2.74. The van der Waals surface area contributed by atoms with Gasteiger partial charge in [0, 0.05) is 25.1 Å². The average Bonchev–Trinajstić information content (AvgIpc) is 2.74. The van der Waals surface area contributed by atoms with Crippen LogP contribution in [-0.2, 0) is 14.8 Å². The number of hydrogen-bond acceptors (Lipinski definition) is 5. The third-order valence-electron chi connectivity index (χ3n) is 4.87. The van der Waals surface area contributed by atoms with Crippen molar-refractivity contribution in [1.82, 2.24) is 4.31 Å². The van der Waals surface area contributed by atoms with Gasteiger partial charge in [-0.2, -0.15) is 4.31 Å². The summed E-state index contributed by atoms with van der Waals surface area (Å²) < 4.78 is 37.3. The first kappa shape index (κ1) is 20.2. The van der Waals surface area contributed by atoms with Crippen LogP contribution in [0.4, 0.5) is 5.69 Å². The lowest BCUT2D eigenvalue weighted by molar-refractivity contribution is -0.120. The molecule has 0 unspecified atom stereocenters. The van der Waals surface area contributed by atoms with Crippen molar-refractivity contribution in [1.29, 1.82) is 0 Å². The Hall–Kier alpha value is -2.58. The van der Waals surface area contributed by atoms with Crippen molar-refractivity contribution in [3.05, 3.63) is 48.5 Å². The number of nitrogens with one attached hydrogen (secondary N) is 1. The molecule has 150 valence electrons. The highest BCUT2D eigenvalue weighted by Crippen LogP contribution is 2.31. The van der Waals surface area contributed by atoms with Crippen molar-refractivity contribution in [3.8, 4) is 11.5 Å². The number of sulfonamides is 1. The number of carbonyl (C=O) groups excluding carboxylic acids is 1. The van der Waals surface area contributed by atoms with Crippen LogP contribution in [0.15, 0.2) is 53.4 Å². The molecule has 0 saturated carbocycles. The van der Waals surface area contributed by atoms with Crippen molar-refractivity contribution in [2.45, 2.75) is 17.7 Å². The molecule has 0 aromatic heterocycles. The topological polar surface area (TPSA) is 84.9 Å². The van der Waals surface area contributed by atoms with E-state index in [9.17, 15) is 13.2 Å². The van der Waals surface area contributed by atoms with E-state index in [-0.39, 0.29) is 16.7 Å². The molecular formula is C20H24N2O5S. The molecule has 1 aliphatic rings. The van der Waals surface area contributed by atoms with Crippen molar-refractivity contribution in [3.63, 3.8) is 0 Å². The van der Waals surface area contributed by atoms with Gasteiger partial charge >= 0.3 is 0 Å². The lowest BCUT2D eigenvalue weighted by atomic mass is 9.97. The molecule has 28 heavy (non-hydrogen) atoms. The summed E-state index contributed by atoms with van der Waals surface area (Å²) in [6.07, 6.45) is 0.925. The smallest absolute Gasteiger partial charge is 0.243 e. The molecule has 0 radical (unpaired) electrons. The van der Waals surface area contributed by atoms with Gasteiger partial charge in [-0.15, -0.1) is 0 Å². The van der Waals surface area contributed by atoms with Crippen LogP contribution in [0.3, 0.4) is 0 Å². The van der Waals surface area contributed by atoms with Gasteiger partial charge in [0.2, 0.25) is 15.9 Å². The van der Waals surface area contributed by atoms with Crippen LogP contribution in [-0.4, -0.2) is 45.9 Å². The number of carbonyl (C=O) groups is 1. The highest BCUT2D eigenvalue weighted by molar-refractivity contribution is 7.89. The van der Waals surface area contributed by atoms with Gasteiger partial charge < -0.3 is 14.8 Å². The van der Waals surface area contributed by atoms with E-state index in [0.29, 0.717) is 43.1 Å². The van der Waals surface area contributed by atoms with E-state index in [1.54, 1.807) is 55.6 Å². The minimum absolute atomic E-state index is 0.150. The van der Waals surface area contributed by atoms with Gasteiger partial charge in [0.15, 0.2) is 0 Å². The molecule has 1 aliphatic heterocycles. The Morgan fingerprint density at radius 3 is 2.32 bits per heavy atom. The Morgan fingerprint density at radius 2 is 1.71 bits per heavy atom. The normalized spacial score (nSPS) is 15.8. The number of rotatable bonds is 6. The summed E-state index contributed by atoms with van der Waals surface area (Å²) in [6, 6.07) is 13.5. The van der Waals surface area contributed by atoms with Crippen LogP contribution in [0.2, 0.25) is 0 Å². The summed E-state index contributed by atoms with van der Waals surface area (Å²) in [5.41, 5.74) is 0.534. The lowest BCUT2D eigenvalue weighted by Gasteiger charge is -2.30. The Morgan fingerprint density at radius 1 is 1.04 bits per heavy atom. The SMILES string of the molecule is COc1ccc(OC)c(NC(=O)C2CCN(S(=O)(=O)c3ccccc3)CC2)c1. The Kier molecular flexibility index (Phi) is 6.21. The molecule has 1 amide bonds. The van der Waals surface area contributed by atoms with E-state index in [0.717, 1.165) is 0 Å². The van der Waals surface area contributed by atoms with Crippen molar-refractivity contribution < 1.29 is 22.7 Å². The van der Waals surface area contributed by atoms with Gasteiger partial charge in [0.1, 0.15) is 11.5 Å². The Labute approximate surface area is 165 Å². The maximum atomic E-state index is 12.7. The molecule has 0 spiro atoms. The zero-order valence-corrected chi connectivity index (χ0v) is 16.7. The first-order valence-corrected chi connectivity index (χ1v) is 10.5. The number of benzene rings is 2. The summed E-state index contributed by atoms with van der Waals surface area (Å²) in [5, 5.41) is 2.88. The maximum absolute atomic E-state index is 12.7. The molecule has 0 aliphatic carbocycles. The van der Waals surface area contributed by atoms with Crippen LogP contribution in [0.1, 0.15) is 12.8 Å². The number of nitrogens with zero attached hydrogens (tertiary/aromatic N) is 1. The summed E-state index contributed by atoms with van der Waals surface area (Å²) in [6.45, 7) is 0.620. The largest absolute Gasteiger partial charge is 0.497 e. The number of hydrogen-bond donors (Lipinski definition) is 1. The van der Waals surface area contributed by atoms with Crippen LogP contribution in [0.5, 0.6) is 11.5 Å². The molecule has 7 nitrogen and oxygen atoms in total. The van der Waals surface area contributed by atoms with Crippen molar-refractivity contribution in [2.24, 2.45) is 5.92 Å². The van der Waals surface area contributed by atoms with Gasteiger partial charge in [-0.25, -0.2) is 8.42 Å². The van der Waals surface area contributed by atoms with Crippen LogP contribution in [0, 0.1) is 5.92 Å². The molecular weight excluding hydrogens is 380 g/mol. The highest BCUT2D eigenvalue weighted by Gasteiger charge is 2.32. The average molecular weight is 404 g/mol. The van der Waals surface area contributed by atoms with E-state index < -0.39 is 10.0 Å². The summed E-state index contributed by atoms with van der Waals surface area (Å²) in [7, 11) is -0.441. The predicted molar refractivity (Wildman–Crippen MR) is 106 cm³/mol. The van der Waals surface area contributed by atoms with E-state index in [1.165, 1.54) is 11.4 Å². The zero-order valence-electron chi connectivity index (χ0n) is 15.9. The Balaban J connectivity index is 1.65. The molecule has 2 aromatic rings. The monoisotopic (exact) mass is 404 g/mol. The molecule has 1 N–H and O–H groups in total. The number of methoxy groups -OCH3 is 2. The van der Waals surface area contributed by atoms with Gasteiger partial charge in [0.25, 0.3) is 0 Å². The third kappa shape index (κ3) is 4.28. The van der Waals surface area contributed by atoms with E-state index in [2.05, 4.69) is 5.32 Å². The quantitative estimate of drug-likeness (QED) is 0.800. The first-order valence-electron chi connectivity index (χ1n) is 9.04. The second-order valence-corrected chi connectivity index (χ2v) is 8.48. The molecule has 1 saturated heterocycles. The molecule has 1 heterocycles. The summed E-state index contributed by atoms with van der Waals surface area (Å²) in [5.74, 6) is 0.736. The second-order valence-electron chi connectivity index (χ2n) is 6.55. The molecule has 8 heteroatoms. The van der Waals surface area contributed by atoms with Crippen LogP contribution >= 0.6 is 0 Å². The minimum atomic E-state index is -3.52. The standard InChI is InChI=1S/C20H24N2O5S/c1-26-16-8-9-19(27-2)18(14-16)21-20(23)15-10-12-22(13-11-15)28(24,25)17-6-4-3-5-7-17/h3-9,14-15H,10-13H2,1-2H3,(H,21,23). The number of piperidine rings is 1. The molecule has 1 fully saturated rings. The fraction of sp³-hybridized carbons (Fsp3) is 0.350. The molecule has 3 rings (SSSR count). The van der Waals surface area contributed by atoms with E-state index in [1.807, 2.05) is 0 Å². The molecule has 2 aromatic carbocycles. The molecule has 0 bridgehead atoms. The van der Waals surface area contributed by atoms with E-state index in [4.69, 9.17) is 9.47 Å². The van der Waals surface area contributed by atoms with Gasteiger partial charge in [-0.1, -0.05) is 18.2 Å². The summed E-state index contributed by atoms with van der Waals surface area (Å²) in [4.78, 5) is 13.0. The third-order valence-corrected chi connectivity index (χ3v) is 6.78. The van der Waals surface area contributed by atoms with Crippen molar-refractivity contribution in [2.75, 3.05) is 32.6 Å². The number of anilines is 1. The van der Waals surface area contributed by atoms with Crippen LogP contribution < -0.4 is 14.8 Å². The van der Waals surface area contributed by atoms with E-state index >= 15 is 0 Å².